The molecule has 4 heterocycles. The van der Waals surface area contributed by atoms with Crippen LogP contribution in [-0.2, 0) is 4.79 Å². The molecule has 0 unspecified atom stereocenters. The van der Waals surface area contributed by atoms with Crippen molar-refractivity contribution in [2.24, 2.45) is 0 Å². The van der Waals surface area contributed by atoms with Crippen molar-refractivity contribution >= 4 is 11.6 Å². The van der Waals surface area contributed by atoms with E-state index in [-0.39, 0.29) is 0 Å². The van der Waals surface area contributed by atoms with Crippen LogP contribution in [0.1, 0.15) is 68.3 Å². The topological polar surface area (TPSA) is 66.6 Å². The number of piperidine rings is 2. The van der Waals surface area contributed by atoms with Crippen molar-refractivity contribution < 1.29 is 4.79 Å². The fraction of sp³-hybridized carbons (Fsp3) is 0.700. The zero-order valence-electron chi connectivity index (χ0n) is 15.9. The average molecular weight is 368 g/mol. The van der Waals surface area contributed by atoms with Crippen LogP contribution >= 0.6 is 0 Å². The molecule has 0 bridgehead atoms. The summed E-state index contributed by atoms with van der Waals surface area (Å²) in [5.74, 6) is 2.43. The summed E-state index contributed by atoms with van der Waals surface area (Å²) in [7, 11) is 0. The number of hydrogen-bond acceptors (Lipinski definition) is 5. The minimum absolute atomic E-state index is 0.337. The van der Waals surface area contributed by atoms with E-state index in [0.717, 1.165) is 76.3 Å². The molecule has 2 aromatic rings. The first-order chi connectivity index (χ1) is 13.3. The Labute approximate surface area is 159 Å². The predicted octanol–water partition coefficient (Wildman–Crippen LogP) is 2.19. The minimum atomic E-state index is 0.337. The van der Waals surface area contributed by atoms with Gasteiger partial charge in [-0.1, -0.05) is 0 Å². The standard InChI is InChI=1S/C20H28N6O/c27-19-3-1-2-10-25(19)14-13-24-11-8-16(9-12-24)20-22-21-18-7-6-17(15-4-5-15)23-26(18)20/h6-7,15-16H,1-5,8-14H2. The van der Waals surface area contributed by atoms with Gasteiger partial charge in [-0.3, -0.25) is 4.79 Å². The second-order valence-corrected chi connectivity index (χ2v) is 8.31. The summed E-state index contributed by atoms with van der Waals surface area (Å²) in [5, 5.41) is 13.6. The number of carbonyl (C=O) groups excluding carboxylic acids is 1. The van der Waals surface area contributed by atoms with Gasteiger partial charge in [0.15, 0.2) is 11.5 Å². The van der Waals surface area contributed by atoms with Crippen LogP contribution in [0.4, 0.5) is 0 Å². The zero-order chi connectivity index (χ0) is 18.2. The maximum atomic E-state index is 12.0. The lowest BCUT2D eigenvalue weighted by Gasteiger charge is -2.34. The lowest BCUT2D eigenvalue weighted by Crippen LogP contribution is -2.43. The number of rotatable bonds is 5. The molecule has 0 atom stereocenters. The van der Waals surface area contributed by atoms with Gasteiger partial charge < -0.3 is 9.80 Å². The Morgan fingerprint density at radius 3 is 2.56 bits per heavy atom. The summed E-state index contributed by atoms with van der Waals surface area (Å²) in [6.45, 7) is 4.93. The van der Waals surface area contributed by atoms with E-state index in [1.54, 1.807) is 0 Å². The van der Waals surface area contributed by atoms with E-state index in [4.69, 9.17) is 5.10 Å². The van der Waals surface area contributed by atoms with Crippen molar-refractivity contribution in [1.29, 1.82) is 0 Å². The van der Waals surface area contributed by atoms with Crippen LogP contribution in [0.25, 0.3) is 5.65 Å². The quantitative estimate of drug-likeness (QED) is 0.809. The van der Waals surface area contributed by atoms with Crippen LogP contribution < -0.4 is 0 Å². The van der Waals surface area contributed by atoms with Crippen molar-refractivity contribution in [1.82, 2.24) is 29.6 Å². The van der Waals surface area contributed by atoms with Gasteiger partial charge >= 0.3 is 0 Å². The van der Waals surface area contributed by atoms with Gasteiger partial charge in [0, 0.05) is 37.9 Å². The van der Waals surface area contributed by atoms with Gasteiger partial charge in [-0.15, -0.1) is 10.2 Å². The molecule has 3 fully saturated rings. The van der Waals surface area contributed by atoms with E-state index in [1.807, 2.05) is 9.42 Å². The smallest absolute Gasteiger partial charge is 0.222 e. The van der Waals surface area contributed by atoms with Crippen molar-refractivity contribution in [2.45, 2.75) is 56.8 Å². The molecule has 2 aliphatic heterocycles. The largest absolute Gasteiger partial charge is 0.341 e. The van der Waals surface area contributed by atoms with E-state index >= 15 is 0 Å². The highest BCUT2D eigenvalue weighted by molar-refractivity contribution is 5.76. The Morgan fingerprint density at radius 1 is 0.926 bits per heavy atom. The van der Waals surface area contributed by atoms with Crippen LogP contribution in [0.15, 0.2) is 12.1 Å². The highest BCUT2D eigenvalue weighted by Crippen LogP contribution is 2.39. The number of hydrogen-bond donors (Lipinski definition) is 0. The molecule has 3 aliphatic rings. The SMILES string of the molecule is O=C1CCCCN1CCN1CCC(c2nnc3ccc(C4CC4)nn23)CC1. The highest BCUT2D eigenvalue weighted by atomic mass is 16.2. The molecule has 2 saturated heterocycles. The first kappa shape index (κ1) is 17.1. The van der Waals surface area contributed by atoms with Crippen LogP contribution in [0, 0.1) is 0 Å². The van der Waals surface area contributed by atoms with E-state index in [0.29, 0.717) is 17.7 Å². The molecule has 1 amide bonds. The molecule has 27 heavy (non-hydrogen) atoms. The van der Waals surface area contributed by atoms with Gasteiger partial charge in [-0.05, 0) is 63.7 Å². The lowest BCUT2D eigenvalue weighted by atomic mass is 9.96. The number of aromatic nitrogens is 4. The molecule has 2 aromatic heterocycles. The molecule has 7 nitrogen and oxygen atoms in total. The number of nitrogens with zero attached hydrogens (tertiary/aromatic N) is 6. The van der Waals surface area contributed by atoms with Crippen LogP contribution in [0.3, 0.4) is 0 Å². The minimum Gasteiger partial charge on any atom is -0.341 e. The van der Waals surface area contributed by atoms with Gasteiger partial charge in [0.1, 0.15) is 0 Å². The molecule has 0 aromatic carbocycles. The van der Waals surface area contributed by atoms with Crippen LogP contribution in [0.2, 0.25) is 0 Å². The van der Waals surface area contributed by atoms with Crippen molar-refractivity contribution in [3.8, 4) is 0 Å². The lowest BCUT2D eigenvalue weighted by molar-refractivity contribution is -0.133. The molecule has 144 valence electrons. The van der Waals surface area contributed by atoms with Gasteiger partial charge in [0.05, 0.1) is 5.69 Å². The Hall–Kier alpha value is -2.02. The molecule has 1 aliphatic carbocycles. The average Bonchev–Trinajstić information content (AvgIpc) is 3.47. The van der Waals surface area contributed by atoms with Crippen LogP contribution in [0.5, 0.6) is 0 Å². The van der Waals surface area contributed by atoms with Crippen molar-refractivity contribution in [3.63, 3.8) is 0 Å². The fourth-order valence-corrected chi connectivity index (χ4v) is 4.45. The van der Waals surface area contributed by atoms with Crippen molar-refractivity contribution in [2.75, 3.05) is 32.7 Å². The van der Waals surface area contributed by atoms with Gasteiger partial charge in [0.2, 0.25) is 5.91 Å². The van der Waals surface area contributed by atoms with Crippen LogP contribution in [-0.4, -0.2) is 68.2 Å². The first-order valence-corrected chi connectivity index (χ1v) is 10.5. The second-order valence-electron chi connectivity index (χ2n) is 8.31. The van der Waals surface area contributed by atoms with E-state index in [9.17, 15) is 4.79 Å². The summed E-state index contributed by atoms with van der Waals surface area (Å²) < 4.78 is 1.99. The Balaban J connectivity index is 1.20. The second kappa shape index (κ2) is 7.19. The Morgan fingerprint density at radius 2 is 1.78 bits per heavy atom. The van der Waals surface area contributed by atoms with Crippen molar-refractivity contribution in [3.05, 3.63) is 23.7 Å². The van der Waals surface area contributed by atoms with Gasteiger partial charge in [0.25, 0.3) is 0 Å². The van der Waals surface area contributed by atoms with E-state index in [1.165, 1.54) is 18.5 Å². The highest BCUT2D eigenvalue weighted by Gasteiger charge is 2.28. The summed E-state index contributed by atoms with van der Waals surface area (Å²) in [6, 6.07) is 4.16. The molecule has 0 radical (unpaired) electrons. The van der Waals surface area contributed by atoms with E-state index in [2.05, 4.69) is 27.2 Å². The third-order valence-corrected chi connectivity index (χ3v) is 6.36. The summed E-state index contributed by atoms with van der Waals surface area (Å²) in [4.78, 5) is 16.5. The summed E-state index contributed by atoms with van der Waals surface area (Å²) in [5.41, 5.74) is 2.05. The monoisotopic (exact) mass is 368 g/mol. The summed E-state index contributed by atoms with van der Waals surface area (Å²) >= 11 is 0. The molecule has 0 N–H and O–H groups in total. The predicted molar refractivity (Wildman–Crippen MR) is 102 cm³/mol. The fourth-order valence-electron chi connectivity index (χ4n) is 4.45. The number of fused-ring (bicyclic) bond motifs is 1. The molecule has 1 saturated carbocycles. The summed E-state index contributed by atoms with van der Waals surface area (Å²) in [6.07, 6.45) is 7.64. The molecule has 5 rings (SSSR count). The normalized spacial score (nSPS) is 22.7. The maximum Gasteiger partial charge on any atom is 0.222 e. The molecule has 0 spiro atoms. The molecular weight excluding hydrogens is 340 g/mol. The Kier molecular flexibility index (Phi) is 4.55. The molecule has 7 heteroatoms. The zero-order valence-corrected chi connectivity index (χ0v) is 15.9. The number of carbonyl (C=O) groups is 1. The van der Waals surface area contributed by atoms with Gasteiger partial charge in [-0.2, -0.15) is 9.61 Å². The molecular formula is C20H28N6O. The first-order valence-electron chi connectivity index (χ1n) is 10.5. The maximum absolute atomic E-state index is 12.0. The Bertz CT molecular complexity index is 821. The van der Waals surface area contributed by atoms with E-state index < -0.39 is 0 Å². The number of likely N-dealkylation sites (tertiary alicyclic amines) is 2. The third kappa shape index (κ3) is 3.57. The number of amides is 1. The van der Waals surface area contributed by atoms with Gasteiger partial charge in [-0.25, -0.2) is 0 Å². The third-order valence-electron chi connectivity index (χ3n) is 6.36.